The maximum Gasteiger partial charge on any atom is 0.125 e. The van der Waals surface area contributed by atoms with Crippen LogP contribution in [0, 0.1) is 47.3 Å². The SMILES string of the molecule is O[C@@]12[C@@H]3[C@@H]4[C@H]5C[C@H]6[C@@H]4[C@@H]3[C@H]([C@H]6[C@H]51)N2Cc1ccncc1. The highest BCUT2D eigenvalue weighted by molar-refractivity contribution is 5.41. The highest BCUT2D eigenvalue weighted by Gasteiger charge is 2.93. The van der Waals surface area contributed by atoms with Crippen molar-refractivity contribution in [2.24, 2.45) is 47.3 Å². The Kier molecular flexibility index (Phi) is 1.28. The molecule has 0 radical (unpaired) electrons. The van der Waals surface area contributed by atoms with Crippen molar-refractivity contribution in [2.75, 3.05) is 0 Å². The molecule has 0 aromatic carbocycles. The van der Waals surface area contributed by atoms with Crippen LogP contribution >= 0.6 is 0 Å². The minimum absolute atomic E-state index is 0.430. The summed E-state index contributed by atoms with van der Waals surface area (Å²) in [5.41, 5.74) is 0.884. The van der Waals surface area contributed by atoms with Crippen LogP contribution < -0.4 is 0 Å². The molecule has 2 saturated heterocycles. The first-order chi connectivity index (χ1) is 9.82. The highest BCUT2D eigenvalue weighted by atomic mass is 16.3. The summed E-state index contributed by atoms with van der Waals surface area (Å²) in [4.78, 5) is 6.64. The fourth-order valence-electron chi connectivity index (χ4n) is 8.45. The summed E-state index contributed by atoms with van der Waals surface area (Å²) in [6, 6.07) is 4.93. The quantitative estimate of drug-likeness (QED) is 0.877. The summed E-state index contributed by atoms with van der Waals surface area (Å²) >= 11 is 0. The Morgan fingerprint density at radius 2 is 1.95 bits per heavy atom. The number of nitrogens with zero attached hydrogens (tertiary/aromatic N) is 2. The largest absolute Gasteiger partial charge is 0.375 e. The zero-order chi connectivity index (χ0) is 12.8. The van der Waals surface area contributed by atoms with Gasteiger partial charge in [0.15, 0.2) is 0 Å². The van der Waals surface area contributed by atoms with E-state index in [4.69, 9.17) is 0 Å². The first-order valence-electron chi connectivity index (χ1n) is 8.20. The van der Waals surface area contributed by atoms with Crippen LogP contribution in [0.25, 0.3) is 0 Å². The third-order valence-corrected chi connectivity index (χ3v) is 8.31. The Morgan fingerprint density at radius 3 is 2.80 bits per heavy atom. The first-order valence-corrected chi connectivity index (χ1v) is 8.20. The zero-order valence-corrected chi connectivity index (χ0v) is 11.3. The molecule has 1 aromatic rings. The van der Waals surface area contributed by atoms with Gasteiger partial charge in [-0.15, -0.1) is 0 Å². The molecule has 20 heavy (non-hydrogen) atoms. The van der Waals surface area contributed by atoms with Gasteiger partial charge in [0, 0.05) is 36.8 Å². The number of aromatic nitrogens is 1. The van der Waals surface area contributed by atoms with Crippen LogP contribution in [-0.2, 0) is 6.54 Å². The van der Waals surface area contributed by atoms with Gasteiger partial charge >= 0.3 is 0 Å². The minimum atomic E-state index is -0.430. The lowest BCUT2D eigenvalue weighted by Gasteiger charge is -2.45. The molecule has 3 heterocycles. The average molecular weight is 266 g/mol. The predicted molar refractivity (Wildman–Crippen MR) is 71.1 cm³/mol. The van der Waals surface area contributed by atoms with Crippen molar-refractivity contribution in [3.05, 3.63) is 30.1 Å². The van der Waals surface area contributed by atoms with Gasteiger partial charge in [-0.3, -0.25) is 9.88 Å². The van der Waals surface area contributed by atoms with Gasteiger partial charge in [0.1, 0.15) is 5.72 Å². The van der Waals surface area contributed by atoms with Crippen LogP contribution in [0.5, 0.6) is 0 Å². The molecule has 7 aliphatic rings. The lowest BCUT2D eigenvalue weighted by Crippen LogP contribution is -2.50. The van der Waals surface area contributed by atoms with Gasteiger partial charge in [-0.25, -0.2) is 0 Å². The molecule has 7 fully saturated rings. The lowest BCUT2D eigenvalue weighted by atomic mass is 9.59. The topological polar surface area (TPSA) is 36.4 Å². The van der Waals surface area contributed by atoms with Gasteiger partial charge in [-0.2, -0.15) is 0 Å². The van der Waals surface area contributed by atoms with Gasteiger partial charge < -0.3 is 5.11 Å². The maximum atomic E-state index is 11.6. The Labute approximate surface area is 118 Å². The van der Waals surface area contributed by atoms with Gasteiger partial charge in [-0.05, 0) is 59.6 Å². The molecule has 1 aromatic heterocycles. The molecule has 0 amide bonds. The Bertz CT molecular complexity index is 648. The molecule has 10 atom stereocenters. The maximum absolute atomic E-state index is 11.6. The Balaban J connectivity index is 1.39. The van der Waals surface area contributed by atoms with Crippen LogP contribution in [0.4, 0.5) is 0 Å². The summed E-state index contributed by atoms with van der Waals surface area (Å²) in [6.07, 6.45) is 5.21. The van der Waals surface area contributed by atoms with E-state index in [-0.39, 0.29) is 0 Å². The second-order valence-electron chi connectivity index (χ2n) is 8.18. The van der Waals surface area contributed by atoms with Crippen molar-refractivity contribution < 1.29 is 5.11 Å². The molecule has 102 valence electrons. The summed E-state index contributed by atoms with van der Waals surface area (Å²) < 4.78 is 0. The van der Waals surface area contributed by atoms with Crippen LogP contribution in [0.2, 0.25) is 0 Å². The first kappa shape index (κ1) is 9.91. The van der Waals surface area contributed by atoms with E-state index in [0.717, 1.165) is 42.1 Å². The molecule has 5 aliphatic carbocycles. The minimum Gasteiger partial charge on any atom is -0.375 e. The molecular weight excluding hydrogens is 248 g/mol. The molecule has 5 saturated carbocycles. The van der Waals surface area contributed by atoms with E-state index in [1.54, 1.807) is 0 Å². The molecule has 0 spiro atoms. The van der Waals surface area contributed by atoms with Crippen LogP contribution in [0.1, 0.15) is 12.0 Å². The van der Waals surface area contributed by atoms with E-state index in [1.807, 2.05) is 12.4 Å². The zero-order valence-electron chi connectivity index (χ0n) is 11.3. The lowest BCUT2D eigenvalue weighted by molar-refractivity contribution is -0.134. The second kappa shape index (κ2) is 2.59. The summed E-state index contributed by atoms with van der Waals surface area (Å²) in [7, 11) is 0. The summed E-state index contributed by atoms with van der Waals surface area (Å²) in [5.74, 6) is 6.74. The van der Waals surface area contributed by atoms with Crippen molar-refractivity contribution in [1.29, 1.82) is 0 Å². The van der Waals surface area contributed by atoms with E-state index >= 15 is 0 Å². The number of pyridine rings is 1. The highest BCUT2D eigenvalue weighted by Crippen LogP contribution is 2.90. The third-order valence-electron chi connectivity index (χ3n) is 8.31. The Hall–Kier alpha value is -0.930. The van der Waals surface area contributed by atoms with E-state index in [9.17, 15) is 5.11 Å². The van der Waals surface area contributed by atoms with Crippen molar-refractivity contribution in [1.82, 2.24) is 9.88 Å². The normalized spacial score (nSPS) is 65.8. The van der Waals surface area contributed by atoms with E-state index < -0.39 is 5.72 Å². The molecule has 4 bridgehead atoms. The number of hydrogen-bond acceptors (Lipinski definition) is 3. The van der Waals surface area contributed by atoms with Gasteiger partial charge in [-0.1, -0.05) is 0 Å². The van der Waals surface area contributed by atoms with Crippen LogP contribution in [0.15, 0.2) is 24.5 Å². The van der Waals surface area contributed by atoms with Crippen LogP contribution in [0.3, 0.4) is 0 Å². The van der Waals surface area contributed by atoms with Crippen LogP contribution in [-0.4, -0.2) is 26.8 Å². The van der Waals surface area contributed by atoms with Crippen molar-refractivity contribution >= 4 is 0 Å². The molecule has 3 nitrogen and oxygen atoms in total. The molecular formula is C17H18N2O. The van der Waals surface area contributed by atoms with Gasteiger partial charge in [0.25, 0.3) is 0 Å². The fourth-order valence-corrected chi connectivity index (χ4v) is 8.45. The smallest absolute Gasteiger partial charge is 0.125 e. The predicted octanol–water partition coefficient (Wildman–Crippen LogP) is 1.34. The summed E-state index contributed by atoms with van der Waals surface area (Å²) in [5, 5.41) is 11.6. The molecule has 0 unspecified atom stereocenters. The van der Waals surface area contributed by atoms with Crippen molar-refractivity contribution in [3.63, 3.8) is 0 Å². The van der Waals surface area contributed by atoms with E-state index in [2.05, 4.69) is 22.0 Å². The van der Waals surface area contributed by atoms with E-state index in [1.165, 1.54) is 12.0 Å². The standard InChI is InChI=1S/C17H18N2O/c20-17-14-9-5-8-10-11(9)15(17)13(10)16(12(8)14)19(17)6-7-1-3-18-4-2-7/h1-4,8-16,20H,5-6H2/t8-,9+,10-,11+,12+,13-,14-,15+,16-,17+/m0/s1. The number of aliphatic hydroxyl groups is 1. The average Bonchev–Trinajstić information content (AvgIpc) is 3.06. The number of hydrogen-bond donors (Lipinski definition) is 1. The number of rotatable bonds is 2. The summed E-state index contributed by atoms with van der Waals surface area (Å²) in [6.45, 7) is 0.933. The molecule has 8 rings (SSSR count). The third kappa shape index (κ3) is 0.671. The second-order valence-corrected chi connectivity index (χ2v) is 8.18. The fraction of sp³-hybridized carbons (Fsp3) is 0.706. The molecule has 1 N–H and O–H groups in total. The molecule has 3 heteroatoms. The van der Waals surface area contributed by atoms with Gasteiger partial charge in [0.2, 0.25) is 0 Å². The monoisotopic (exact) mass is 266 g/mol. The van der Waals surface area contributed by atoms with Gasteiger partial charge in [0.05, 0.1) is 0 Å². The van der Waals surface area contributed by atoms with Crippen molar-refractivity contribution in [3.8, 4) is 0 Å². The van der Waals surface area contributed by atoms with Crippen molar-refractivity contribution in [2.45, 2.75) is 24.7 Å². The molecule has 2 aliphatic heterocycles. The van der Waals surface area contributed by atoms with E-state index in [0.29, 0.717) is 17.9 Å². The Morgan fingerprint density at radius 1 is 1.10 bits per heavy atom.